The third kappa shape index (κ3) is 3.61. The second-order valence-corrected chi connectivity index (χ2v) is 4.76. The number of carbonyl (C=O) groups is 1. The highest BCUT2D eigenvalue weighted by atomic mass is 35.5. The van der Waals surface area contributed by atoms with Crippen LogP contribution in [-0.2, 0) is 17.6 Å². The Labute approximate surface area is 119 Å². The molecule has 0 aromatic heterocycles. The van der Waals surface area contributed by atoms with Gasteiger partial charge in [0.05, 0.1) is 5.02 Å². The molecule has 0 spiro atoms. The van der Waals surface area contributed by atoms with Gasteiger partial charge in [-0.1, -0.05) is 23.7 Å². The van der Waals surface area contributed by atoms with Crippen LogP contribution in [0.2, 0.25) is 5.02 Å². The average molecular weight is 299 g/mol. The Balaban J connectivity index is 2.11. The summed E-state index contributed by atoms with van der Waals surface area (Å²) in [5.74, 6) is -2.38. The summed E-state index contributed by atoms with van der Waals surface area (Å²) in [5.41, 5.74) is 0.591. The van der Waals surface area contributed by atoms with Gasteiger partial charge in [0.2, 0.25) is 0 Å². The van der Waals surface area contributed by atoms with Gasteiger partial charge >= 0.3 is 0 Å². The van der Waals surface area contributed by atoms with Crippen molar-refractivity contribution in [2.24, 2.45) is 0 Å². The number of benzene rings is 2. The molecule has 0 bridgehead atoms. The molecule has 0 aliphatic heterocycles. The Morgan fingerprint density at radius 2 is 1.65 bits per heavy atom. The molecule has 0 heterocycles. The van der Waals surface area contributed by atoms with Crippen LogP contribution in [0.5, 0.6) is 0 Å². The fourth-order valence-electron chi connectivity index (χ4n) is 1.90. The molecule has 0 saturated carbocycles. The molecular formula is C15H10ClF3O. The van der Waals surface area contributed by atoms with Gasteiger partial charge in [0.15, 0.2) is 0 Å². The minimum Gasteiger partial charge on any atom is -0.299 e. The maximum atomic E-state index is 13.2. The number of hydrogen-bond donors (Lipinski definition) is 0. The van der Waals surface area contributed by atoms with E-state index in [0.717, 1.165) is 18.2 Å². The summed E-state index contributed by atoms with van der Waals surface area (Å²) in [6.07, 6.45) is -0.226. The number of halogens is 4. The maximum Gasteiger partial charge on any atom is 0.142 e. The molecule has 0 radical (unpaired) electrons. The Kier molecular flexibility index (Phi) is 4.45. The van der Waals surface area contributed by atoms with E-state index in [1.54, 1.807) is 0 Å². The highest BCUT2D eigenvalue weighted by molar-refractivity contribution is 6.31. The smallest absolute Gasteiger partial charge is 0.142 e. The quantitative estimate of drug-likeness (QED) is 0.830. The topological polar surface area (TPSA) is 17.1 Å². The van der Waals surface area contributed by atoms with E-state index in [9.17, 15) is 18.0 Å². The van der Waals surface area contributed by atoms with Crippen molar-refractivity contribution in [2.75, 3.05) is 0 Å². The minimum atomic E-state index is -0.739. The van der Waals surface area contributed by atoms with Crippen molar-refractivity contribution < 1.29 is 18.0 Å². The van der Waals surface area contributed by atoms with Crippen molar-refractivity contribution in [3.05, 3.63) is 70.0 Å². The lowest BCUT2D eigenvalue weighted by Gasteiger charge is -2.05. The fourth-order valence-corrected chi connectivity index (χ4v) is 2.09. The van der Waals surface area contributed by atoms with Crippen LogP contribution in [0.3, 0.4) is 0 Å². The first-order valence-corrected chi connectivity index (χ1v) is 6.23. The summed E-state index contributed by atoms with van der Waals surface area (Å²) in [4.78, 5) is 11.8. The molecule has 2 aromatic rings. The second-order valence-electron chi connectivity index (χ2n) is 4.38. The van der Waals surface area contributed by atoms with Gasteiger partial charge in [-0.05, 0) is 29.3 Å². The molecule has 0 saturated heterocycles. The van der Waals surface area contributed by atoms with Crippen LogP contribution in [0.15, 0.2) is 36.4 Å². The molecule has 5 heteroatoms. The molecule has 2 aromatic carbocycles. The molecule has 0 unspecified atom stereocenters. The highest BCUT2D eigenvalue weighted by Crippen LogP contribution is 2.20. The maximum absolute atomic E-state index is 13.2. The summed E-state index contributed by atoms with van der Waals surface area (Å²) in [6.45, 7) is 0. The first-order valence-electron chi connectivity index (χ1n) is 5.85. The lowest BCUT2D eigenvalue weighted by Crippen LogP contribution is -2.08. The summed E-state index contributed by atoms with van der Waals surface area (Å²) >= 11 is 5.74. The molecular weight excluding hydrogens is 289 g/mol. The van der Waals surface area contributed by atoms with E-state index in [0.29, 0.717) is 5.56 Å². The van der Waals surface area contributed by atoms with Gasteiger partial charge in [-0.3, -0.25) is 4.79 Å². The summed E-state index contributed by atoms with van der Waals surface area (Å²) in [5, 5.41) is -0.105. The normalized spacial score (nSPS) is 10.6. The van der Waals surface area contributed by atoms with Gasteiger partial charge in [-0.15, -0.1) is 0 Å². The summed E-state index contributed by atoms with van der Waals surface area (Å²) in [6, 6.07) is 7.10. The van der Waals surface area contributed by atoms with Gasteiger partial charge in [0.1, 0.15) is 23.2 Å². The van der Waals surface area contributed by atoms with Gasteiger partial charge in [0, 0.05) is 18.9 Å². The van der Waals surface area contributed by atoms with Gasteiger partial charge in [0.25, 0.3) is 0 Å². The number of carbonyl (C=O) groups excluding carboxylic acids is 1. The van der Waals surface area contributed by atoms with Crippen molar-refractivity contribution in [2.45, 2.75) is 12.8 Å². The molecule has 20 heavy (non-hydrogen) atoms. The van der Waals surface area contributed by atoms with Crippen LogP contribution in [-0.4, -0.2) is 5.78 Å². The molecule has 2 rings (SSSR count). The Hall–Kier alpha value is -1.81. The lowest BCUT2D eigenvalue weighted by atomic mass is 10.0. The molecule has 0 aliphatic carbocycles. The van der Waals surface area contributed by atoms with Crippen molar-refractivity contribution in [3.63, 3.8) is 0 Å². The molecule has 0 fully saturated rings. The number of rotatable bonds is 4. The zero-order valence-corrected chi connectivity index (χ0v) is 11.1. The van der Waals surface area contributed by atoms with Gasteiger partial charge in [-0.2, -0.15) is 0 Å². The monoisotopic (exact) mass is 298 g/mol. The van der Waals surface area contributed by atoms with E-state index in [4.69, 9.17) is 11.6 Å². The summed E-state index contributed by atoms with van der Waals surface area (Å²) in [7, 11) is 0. The first-order chi connectivity index (χ1) is 9.45. The third-order valence-electron chi connectivity index (χ3n) is 2.74. The average Bonchev–Trinajstić information content (AvgIpc) is 2.33. The molecule has 0 atom stereocenters. The summed E-state index contributed by atoms with van der Waals surface area (Å²) < 4.78 is 39.2. The lowest BCUT2D eigenvalue weighted by molar-refractivity contribution is -0.117. The zero-order valence-electron chi connectivity index (χ0n) is 10.3. The van der Waals surface area contributed by atoms with Gasteiger partial charge < -0.3 is 0 Å². The Morgan fingerprint density at radius 1 is 1.00 bits per heavy atom. The third-order valence-corrected chi connectivity index (χ3v) is 3.17. The number of hydrogen-bond acceptors (Lipinski definition) is 1. The van der Waals surface area contributed by atoms with E-state index in [2.05, 4.69) is 0 Å². The zero-order chi connectivity index (χ0) is 14.7. The first kappa shape index (κ1) is 14.6. The van der Waals surface area contributed by atoms with Crippen LogP contribution >= 0.6 is 11.6 Å². The highest BCUT2D eigenvalue weighted by Gasteiger charge is 2.12. The van der Waals surface area contributed by atoms with E-state index < -0.39 is 17.5 Å². The van der Waals surface area contributed by atoms with Crippen LogP contribution in [0, 0.1) is 17.5 Å². The van der Waals surface area contributed by atoms with E-state index in [-0.39, 0.29) is 29.2 Å². The molecule has 1 nitrogen and oxygen atoms in total. The van der Waals surface area contributed by atoms with Crippen LogP contribution in [0.4, 0.5) is 13.2 Å². The van der Waals surface area contributed by atoms with Crippen LogP contribution < -0.4 is 0 Å². The van der Waals surface area contributed by atoms with E-state index >= 15 is 0 Å². The van der Waals surface area contributed by atoms with Crippen molar-refractivity contribution in [1.29, 1.82) is 0 Å². The van der Waals surface area contributed by atoms with Crippen molar-refractivity contribution in [3.8, 4) is 0 Å². The molecule has 0 aliphatic rings. The Bertz CT molecular complexity index is 635. The van der Waals surface area contributed by atoms with Crippen LogP contribution in [0.1, 0.15) is 11.1 Å². The van der Waals surface area contributed by atoms with E-state index in [1.165, 1.54) is 18.2 Å². The minimum absolute atomic E-state index is 0.0886. The molecule has 104 valence electrons. The second kappa shape index (κ2) is 6.09. The Morgan fingerprint density at radius 3 is 2.30 bits per heavy atom. The standard InChI is InChI=1S/C15H10ClF3O/c16-15-10(2-1-3-14(15)19)7-13(20)6-9-4-11(17)8-12(18)5-9/h1-5,8H,6-7H2. The predicted molar refractivity (Wildman–Crippen MR) is 70.2 cm³/mol. The number of ketones is 1. The van der Waals surface area contributed by atoms with Crippen LogP contribution in [0.25, 0.3) is 0 Å². The molecule has 0 N–H and O–H groups in total. The largest absolute Gasteiger partial charge is 0.299 e. The van der Waals surface area contributed by atoms with E-state index in [1.807, 2.05) is 0 Å². The van der Waals surface area contributed by atoms with Gasteiger partial charge in [-0.25, -0.2) is 13.2 Å². The number of Topliss-reactive ketones (excluding diaryl/α,β-unsaturated/α-hetero) is 1. The SMILES string of the molecule is O=C(Cc1cc(F)cc(F)c1)Cc1cccc(F)c1Cl. The van der Waals surface area contributed by atoms with Crippen molar-refractivity contribution in [1.82, 2.24) is 0 Å². The molecule has 0 amide bonds. The van der Waals surface area contributed by atoms with Crippen molar-refractivity contribution >= 4 is 17.4 Å². The fraction of sp³-hybridized carbons (Fsp3) is 0.133. The predicted octanol–water partition coefficient (Wildman–Crippen LogP) is 4.11.